The van der Waals surface area contributed by atoms with Crippen LogP contribution in [0.3, 0.4) is 0 Å². The molecule has 0 heterocycles. The molecule has 2 rings (SSSR count). The van der Waals surface area contributed by atoms with Gasteiger partial charge in [0.1, 0.15) is 22.3 Å². The van der Waals surface area contributed by atoms with Crippen molar-refractivity contribution in [2.45, 2.75) is 36.6 Å². The van der Waals surface area contributed by atoms with Crippen LogP contribution in [0.25, 0.3) is 0 Å². The lowest BCUT2D eigenvalue weighted by Gasteiger charge is -2.30. The van der Waals surface area contributed by atoms with Gasteiger partial charge in [0.05, 0.1) is 0 Å². The van der Waals surface area contributed by atoms with E-state index in [1.54, 1.807) is 6.07 Å². The average Bonchev–Trinajstić information content (AvgIpc) is 2.47. The number of aliphatic hydroxyl groups excluding tert-OH is 1. The quantitative estimate of drug-likeness (QED) is 0.882. The Morgan fingerprint density at radius 2 is 2.10 bits per heavy atom. The van der Waals surface area contributed by atoms with E-state index >= 15 is 0 Å². The first-order valence-electron chi connectivity index (χ1n) is 6.81. The molecule has 0 amide bonds. The van der Waals surface area contributed by atoms with Gasteiger partial charge in [-0.25, -0.2) is 17.5 Å². The van der Waals surface area contributed by atoms with Crippen molar-refractivity contribution in [3.63, 3.8) is 0 Å². The zero-order valence-electron chi connectivity index (χ0n) is 11.4. The van der Waals surface area contributed by atoms with E-state index < -0.39 is 21.4 Å². The number of benzene rings is 1. The first-order valence-corrected chi connectivity index (χ1v) is 8.29. The number of nitrogens with one attached hydrogen (secondary N) is 1. The molecule has 114 valence electrons. The van der Waals surface area contributed by atoms with E-state index in [4.69, 9.17) is 5.26 Å². The Balaban J connectivity index is 2.31. The number of rotatable bonds is 4. The third-order valence-electron chi connectivity index (χ3n) is 3.83. The molecule has 2 unspecified atom stereocenters. The van der Waals surface area contributed by atoms with E-state index in [0.717, 1.165) is 25.3 Å². The number of sulfonamides is 1. The van der Waals surface area contributed by atoms with Gasteiger partial charge in [-0.2, -0.15) is 5.26 Å². The van der Waals surface area contributed by atoms with Gasteiger partial charge in [0.25, 0.3) is 0 Å². The van der Waals surface area contributed by atoms with Crippen LogP contribution in [0.1, 0.15) is 31.2 Å². The van der Waals surface area contributed by atoms with Crippen LogP contribution in [0, 0.1) is 23.1 Å². The summed E-state index contributed by atoms with van der Waals surface area (Å²) in [5, 5.41) is 18.3. The van der Waals surface area contributed by atoms with Crippen LogP contribution < -0.4 is 4.72 Å². The van der Waals surface area contributed by atoms with E-state index in [1.165, 1.54) is 12.1 Å². The zero-order chi connectivity index (χ0) is 15.5. The van der Waals surface area contributed by atoms with E-state index in [2.05, 4.69) is 4.72 Å². The van der Waals surface area contributed by atoms with Gasteiger partial charge in [-0.05, 0) is 30.9 Å². The zero-order valence-corrected chi connectivity index (χ0v) is 12.2. The van der Waals surface area contributed by atoms with Gasteiger partial charge in [-0.1, -0.05) is 18.9 Å². The summed E-state index contributed by atoms with van der Waals surface area (Å²) in [4.78, 5) is -0.354. The minimum Gasteiger partial charge on any atom is -0.396 e. The van der Waals surface area contributed by atoms with Crippen molar-refractivity contribution >= 4 is 10.0 Å². The molecule has 1 aliphatic rings. The lowest BCUT2D eigenvalue weighted by Crippen LogP contribution is -2.43. The van der Waals surface area contributed by atoms with Gasteiger partial charge in [0, 0.05) is 12.6 Å². The van der Waals surface area contributed by atoms with Gasteiger partial charge in [0.2, 0.25) is 10.0 Å². The van der Waals surface area contributed by atoms with E-state index in [0.29, 0.717) is 6.42 Å². The molecule has 5 nitrogen and oxygen atoms in total. The third kappa shape index (κ3) is 3.40. The first kappa shape index (κ1) is 15.9. The molecule has 1 saturated carbocycles. The molecule has 21 heavy (non-hydrogen) atoms. The van der Waals surface area contributed by atoms with Crippen LogP contribution in [-0.2, 0) is 10.0 Å². The van der Waals surface area contributed by atoms with Crippen LogP contribution in [0.15, 0.2) is 23.1 Å². The van der Waals surface area contributed by atoms with Crippen molar-refractivity contribution in [1.82, 2.24) is 4.72 Å². The van der Waals surface area contributed by atoms with Crippen molar-refractivity contribution in [2.75, 3.05) is 6.61 Å². The second kappa shape index (κ2) is 6.52. The summed E-state index contributed by atoms with van der Waals surface area (Å²) in [7, 11) is -3.99. The molecule has 0 bridgehead atoms. The lowest BCUT2D eigenvalue weighted by atomic mass is 9.86. The lowest BCUT2D eigenvalue weighted by molar-refractivity contribution is 0.164. The van der Waals surface area contributed by atoms with E-state index in [1.807, 2.05) is 0 Å². The van der Waals surface area contributed by atoms with Gasteiger partial charge in [0.15, 0.2) is 0 Å². The average molecular weight is 312 g/mol. The monoisotopic (exact) mass is 312 g/mol. The third-order valence-corrected chi connectivity index (χ3v) is 5.36. The normalized spacial score (nSPS) is 22.7. The highest BCUT2D eigenvalue weighted by molar-refractivity contribution is 7.89. The summed E-state index contributed by atoms with van der Waals surface area (Å²) in [6.07, 6.45) is 3.20. The molecule has 7 heteroatoms. The number of hydrogen-bond donors (Lipinski definition) is 2. The molecule has 2 atom stereocenters. The Morgan fingerprint density at radius 3 is 2.76 bits per heavy atom. The van der Waals surface area contributed by atoms with Crippen molar-refractivity contribution in [3.05, 3.63) is 29.6 Å². The van der Waals surface area contributed by atoms with Crippen molar-refractivity contribution in [1.29, 1.82) is 5.26 Å². The first-order chi connectivity index (χ1) is 9.99. The largest absolute Gasteiger partial charge is 0.396 e. The highest BCUT2D eigenvalue weighted by atomic mass is 32.2. The fraction of sp³-hybridized carbons (Fsp3) is 0.500. The van der Waals surface area contributed by atoms with Crippen LogP contribution >= 0.6 is 0 Å². The van der Waals surface area contributed by atoms with Crippen LogP contribution in [-0.4, -0.2) is 26.2 Å². The maximum Gasteiger partial charge on any atom is 0.242 e. The SMILES string of the molecule is N#Cc1c(F)cccc1S(=O)(=O)NC1CCCCC1CO. The smallest absolute Gasteiger partial charge is 0.242 e. The number of nitrogens with zero attached hydrogens (tertiary/aromatic N) is 1. The molecular weight excluding hydrogens is 295 g/mol. The molecule has 0 radical (unpaired) electrons. The highest BCUT2D eigenvalue weighted by Gasteiger charge is 2.30. The molecule has 1 fully saturated rings. The molecule has 0 spiro atoms. The van der Waals surface area contributed by atoms with Gasteiger partial charge in [-0.15, -0.1) is 0 Å². The Kier molecular flexibility index (Phi) is 4.93. The number of hydrogen-bond acceptors (Lipinski definition) is 4. The Hall–Kier alpha value is -1.49. The molecule has 1 aliphatic carbocycles. The molecule has 1 aromatic carbocycles. The van der Waals surface area contributed by atoms with Crippen LogP contribution in [0.5, 0.6) is 0 Å². The standard InChI is InChI=1S/C14H17FN2O3S/c15-12-5-3-7-14(11(12)8-16)21(19,20)17-13-6-2-1-4-10(13)9-18/h3,5,7,10,13,17-18H,1-2,4,6,9H2. The molecule has 1 aromatic rings. The summed E-state index contributed by atoms with van der Waals surface area (Å²) in [5.74, 6) is -1.00. The van der Waals surface area contributed by atoms with Gasteiger partial charge >= 0.3 is 0 Å². The van der Waals surface area contributed by atoms with E-state index in [9.17, 15) is 17.9 Å². The van der Waals surface area contributed by atoms with Gasteiger partial charge in [-0.3, -0.25) is 0 Å². The van der Waals surface area contributed by atoms with Crippen molar-refractivity contribution < 1.29 is 17.9 Å². The maximum atomic E-state index is 13.5. The fourth-order valence-electron chi connectivity index (χ4n) is 2.68. The fourth-order valence-corrected chi connectivity index (χ4v) is 4.19. The minimum atomic E-state index is -3.99. The number of aliphatic hydroxyl groups is 1. The Bertz CT molecular complexity index is 655. The Labute approximate surface area is 123 Å². The van der Waals surface area contributed by atoms with Crippen LogP contribution in [0.2, 0.25) is 0 Å². The topological polar surface area (TPSA) is 90.2 Å². The van der Waals surface area contributed by atoms with Crippen molar-refractivity contribution in [3.8, 4) is 6.07 Å². The number of nitriles is 1. The second-order valence-electron chi connectivity index (χ2n) is 5.18. The predicted molar refractivity (Wildman–Crippen MR) is 74.3 cm³/mol. The molecule has 0 aliphatic heterocycles. The summed E-state index contributed by atoms with van der Waals surface area (Å²) < 4.78 is 40.8. The van der Waals surface area contributed by atoms with Crippen molar-refractivity contribution in [2.24, 2.45) is 5.92 Å². The minimum absolute atomic E-state index is 0.0958. The summed E-state index contributed by atoms with van der Waals surface area (Å²) in [6, 6.07) is 4.72. The van der Waals surface area contributed by atoms with E-state index in [-0.39, 0.29) is 23.5 Å². The van der Waals surface area contributed by atoms with Gasteiger partial charge < -0.3 is 5.11 Å². The second-order valence-corrected chi connectivity index (χ2v) is 6.86. The molecule has 0 aromatic heterocycles. The molecular formula is C14H17FN2O3S. The highest BCUT2D eigenvalue weighted by Crippen LogP contribution is 2.26. The molecule has 2 N–H and O–H groups in total. The molecule has 0 saturated heterocycles. The predicted octanol–water partition coefficient (Wildman–Crippen LogP) is 1.53. The summed E-state index contributed by atoms with van der Waals surface area (Å²) in [5.41, 5.74) is -0.485. The maximum absolute atomic E-state index is 13.5. The summed E-state index contributed by atoms with van der Waals surface area (Å²) in [6.45, 7) is -0.0958. The number of halogens is 1. The Morgan fingerprint density at radius 1 is 1.38 bits per heavy atom. The summed E-state index contributed by atoms with van der Waals surface area (Å²) >= 11 is 0. The van der Waals surface area contributed by atoms with Crippen LogP contribution in [0.4, 0.5) is 4.39 Å².